The van der Waals surface area contributed by atoms with Crippen LogP contribution in [0.2, 0.25) is 0 Å². The third-order valence-electron chi connectivity index (χ3n) is 3.25. The van der Waals surface area contributed by atoms with Crippen molar-refractivity contribution in [1.29, 1.82) is 0 Å². The SMILES string of the molecule is CNC(=S)N1CCN(c2ccc(C(F)(F)F)c[nH+]2)CC1. The zero-order chi connectivity index (χ0) is 14.8. The molecular formula is C12H16F3N4S+. The number of hydrogen-bond acceptors (Lipinski definition) is 2. The number of rotatable bonds is 1. The lowest BCUT2D eigenvalue weighted by atomic mass is 10.2. The van der Waals surface area contributed by atoms with Crippen molar-refractivity contribution < 1.29 is 18.2 Å². The van der Waals surface area contributed by atoms with Crippen molar-refractivity contribution in [3.05, 3.63) is 23.9 Å². The molecule has 4 nitrogen and oxygen atoms in total. The van der Waals surface area contributed by atoms with E-state index < -0.39 is 11.7 Å². The smallest absolute Gasteiger partial charge is 0.366 e. The van der Waals surface area contributed by atoms with Crippen molar-refractivity contribution in [1.82, 2.24) is 10.2 Å². The van der Waals surface area contributed by atoms with Gasteiger partial charge in [0, 0.05) is 13.1 Å². The zero-order valence-electron chi connectivity index (χ0n) is 11.0. The first-order valence-corrected chi connectivity index (χ1v) is 6.63. The van der Waals surface area contributed by atoms with Crippen LogP contribution >= 0.6 is 12.2 Å². The Bertz CT molecular complexity index is 467. The number of pyridine rings is 1. The van der Waals surface area contributed by atoms with E-state index in [9.17, 15) is 13.2 Å². The fourth-order valence-electron chi connectivity index (χ4n) is 2.10. The minimum absolute atomic E-state index is 0.670. The molecule has 0 radical (unpaired) electrons. The molecular weight excluding hydrogens is 289 g/mol. The van der Waals surface area contributed by atoms with Crippen molar-refractivity contribution >= 4 is 23.1 Å². The maximum Gasteiger partial charge on any atom is 0.419 e. The lowest BCUT2D eigenvalue weighted by Crippen LogP contribution is -2.52. The number of hydrogen-bond donors (Lipinski definition) is 1. The highest BCUT2D eigenvalue weighted by molar-refractivity contribution is 7.80. The van der Waals surface area contributed by atoms with E-state index in [2.05, 4.69) is 10.3 Å². The van der Waals surface area contributed by atoms with E-state index in [1.54, 1.807) is 7.05 Å². The van der Waals surface area contributed by atoms with Gasteiger partial charge in [0.2, 0.25) is 0 Å². The van der Waals surface area contributed by atoms with Gasteiger partial charge in [-0.2, -0.15) is 13.2 Å². The Morgan fingerprint density at radius 3 is 2.35 bits per heavy atom. The number of aromatic nitrogens is 1. The summed E-state index contributed by atoms with van der Waals surface area (Å²) >= 11 is 5.15. The predicted octanol–water partition coefficient (Wildman–Crippen LogP) is 1.15. The number of aromatic amines is 1. The summed E-state index contributed by atoms with van der Waals surface area (Å²) in [4.78, 5) is 6.76. The molecule has 0 amide bonds. The number of thiocarbonyl (C=S) groups is 1. The molecule has 0 aliphatic carbocycles. The summed E-state index contributed by atoms with van der Waals surface area (Å²) in [5.41, 5.74) is -0.670. The van der Waals surface area contributed by atoms with Crippen LogP contribution in [0.3, 0.4) is 0 Å². The van der Waals surface area contributed by atoms with Crippen molar-refractivity contribution in [3.63, 3.8) is 0 Å². The van der Waals surface area contributed by atoms with Gasteiger partial charge in [0.1, 0.15) is 19.3 Å². The number of halogens is 3. The Morgan fingerprint density at radius 1 is 1.25 bits per heavy atom. The van der Waals surface area contributed by atoms with Crippen LogP contribution in [-0.4, -0.2) is 43.2 Å². The highest BCUT2D eigenvalue weighted by Gasteiger charge is 2.32. The Balaban J connectivity index is 1.99. The summed E-state index contributed by atoms with van der Waals surface area (Å²) in [6.45, 7) is 2.91. The lowest BCUT2D eigenvalue weighted by molar-refractivity contribution is -0.367. The number of nitrogens with zero attached hydrogens (tertiary/aromatic N) is 2. The van der Waals surface area contributed by atoms with E-state index in [0.717, 1.165) is 25.4 Å². The third-order valence-corrected chi connectivity index (χ3v) is 3.71. The molecule has 2 N–H and O–H groups in total. The van der Waals surface area contributed by atoms with Crippen LogP contribution in [0.1, 0.15) is 5.56 Å². The summed E-state index contributed by atoms with van der Waals surface area (Å²) in [6.07, 6.45) is -3.31. The highest BCUT2D eigenvalue weighted by atomic mass is 32.1. The van der Waals surface area contributed by atoms with Crippen molar-refractivity contribution in [2.45, 2.75) is 6.18 Å². The quantitative estimate of drug-likeness (QED) is 0.789. The Labute approximate surface area is 120 Å². The second-order valence-corrected chi connectivity index (χ2v) is 4.88. The number of nitrogens with one attached hydrogen (secondary N) is 2. The van der Waals surface area contributed by atoms with Crippen LogP contribution in [0.4, 0.5) is 19.0 Å². The number of piperazine rings is 1. The lowest BCUT2D eigenvalue weighted by Gasteiger charge is -2.32. The summed E-state index contributed by atoms with van der Waals surface area (Å²) in [5.74, 6) is 0.688. The van der Waals surface area contributed by atoms with Gasteiger partial charge in [0.15, 0.2) is 5.11 Å². The number of H-pyrrole nitrogens is 1. The van der Waals surface area contributed by atoms with Gasteiger partial charge in [-0.25, -0.2) is 4.98 Å². The first kappa shape index (κ1) is 14.8. The molecule has 110 valence electrons. The topological polar surface area (TPSA) is 32.6 Å². The standard InChI is InChI=1S/C12H15F3N4S/c1-16-11(20)19-6-4-18(5-7-19)10-3-2-9(8-17-10)12(13,14)15/h2-3,8H,4-7H2,1H3,(H,16,20)/p+1. The van der Waals surface area contributed by atoms with Gasteiger partial charge in [0.25, 0.3) is 5.82 Å². The Morgan fingerprint density at radius 2 is 1.90 bits per heavy atom. The van der Waals surface area contributed by atoms with Crippen LogP contribution in [0, 0.1) is 0 Å². The molecule has 1 aromatic rings. The van der Waals surface area contributed by atoms with Crippen molar-refractivity contribution in [2.75, 3.05) is 38.1 Å². The van der Waals surface area contributed by atoms with Gasteiger partial charge >= 0.3 is 6.18 Å². The predicted molar refractivity (Wildman–Crippen MR) is 73.4 cm³/mol. The average molecular weight is 305 g/mol. The minimum Gasteiger partial charge on any atom is -0.366 e. The van der Waals surface area contributed by atoms with Gasteiger partial charge in [-0.3, -0.25) is 4.90 Å². The fraction of sp³-hybridized carbons (Fsp3) is 0.500. The Kier molecular flexibility index (Phi) is 4.32. The van der Waals surface area contributed by atoms with Gasteiger partial charge in [-0.05, 0) is 18.3 Å². The van der Waals surface area contributed by atoms with E-state index in [1.807, 2.05) is 9.80 Å². The van der Waals surface area contributed by atoms with E-state index in [-0.39, 0.29) is 0 Å². The second-order valence-electron chi connectivity index (χ2n) is 4.49. The minimum atomic E-state index is -4.31. The van der Waals surface area contributed by atoms with Crippen molar-refractivity contribution in [3.8, 4) is 0 Å². The molecule has 0 saturated carbocycles. The molecule has 0 aromatic carbocycles. The molecule has 1 aliphatic rings. The summed E-state index contributed by atoms with van der Waals surface area (Å²) in [6, 6.07) is 2.56. The van der Waals surface area contributed by atoms with E-state index in [4.69, 9.17) is 12.2 Å². The Hall–Kier alpha value is -1.57. The maximum atomic E-state index is 12.5. The first-order valence-electron chi connectivity index (χ1n) is 6.22. The van der Waals surface area contributed by atoms with Crippen LogP contribution in [0.5, 0.6) is 0 Å². The molecule has 2 heterocycles. The largest absolute Gasteiger partial charge is 0.419 e. The molecule has 8 heteroatoms. The van der Waals surface area contributed by atoms with Gasteiger partial charge < -0.3 is 10.2 Å². The summed E-state index contributed by atoms with van der Waals surface area (Å²) < 4.78 is 37.4. The third kappa shape index (κ3) is 3.30. The molecule has 0 atom stereocenters. The van der Waals surface area contributed by atoms with E-state index in [1.165, 1.54) is 6.07 Å². The number of anilines is 1. The van der Waals surface area contributed by atoms with Crippen LogP contribution in [0.15, 0.2) is 18.3 Å². The number of alkyl halides is 3. The van der Waals surface area contributed by atoms with E-state index in [0.29, 0.717) is 24.0 Å². The first-order chi connectivity index (χ1) is 9.41. The fourth-order valence-corrected chi connectivity index (χ4v) is 2.28. The second kappa shape index (κ2) is 5.82. The molecule has 0 spiro atoms. The summed E-state index contributed by atoms with van der Waals surface area (Å²) in [5, 5.41) is 3.61. The van der Waals surface area contributed by atoms with Crippen LogP contribution in [0.25, 0.3) is 0 Å². The molecule has 20 heavy (non-hydrogen) atoms. The molecule has 1 fully saturated rings. The molecule has 2 rings (SSSR count). The maximum absolute atomic E-state index is 12.5. The average Bonchev–Trinajstić information content (AvgIpc) is 2.46. The zero-order valence-corrected chi connectivity index (χ0v) is 11.8. The van der Waals surface area contributed by atoms with Gasteiger partial charge in [-0.1, -0.05) is 0 Å². The van der Waals surface area contributed by atoms with E-state index >= 15 is 0 Å². The van der Waals surface area contributed by atoms with Crippen LogP contribution in [-0.2, 0) is 6.18 Å². The van der Waals surface area contributed by atoms with Gasteiger partial charge in [-0.15, -0.1) is 0 Å². The monoisotopic (exact) mass is 305 g/mol. The molecule has 1 saturated heterocycles. The van der Waals surface area contributed by atoms with Crippen LogP contribution < -0.4 is 15.2 Å². The molecule has 1 aromatic heterocycles. The molecule has 0 unspecified atom stereocenters. The molecule has 1 aliphatic heterocycles. The van der Waals surface area contributed by atoms with Gasteiger partial charge in [0.05, 0.1) is 18.7 Å². The normalized spacial score (nSPS) is 16.2. The highest BCUT2D eigenvalue weighted by Crippen LogP contribution is 2.28. The van der Waals surface area contributed by atoms with Crippen molar-refractivity contribution in [2.24, 2.45) is 0 Å². The molecule has 0 bridgehead atoms. The summed E-state index contributed by atoms with van der Waals surface area (Å²) in [7, 11) is 1.78.